The zero-order valence-electron chi connectivity index (χ0n) is 18.3. The van der Waals surface area contributed by atoms with Crippen molar-refractivity contribution >= 4 is 17.9 Å². The van der Waals surface area contributed by atoms with Crippen molar-refractivity contribution in [2.45, 2.75) is 52.4 Å². The van der Waals surface area contributed by atoms with Gasteiger partial charge in [-0.3, -0.25) is 4.79 Å². The third kappa shape index (κ3) is 8.12. The van der Waals surface area contributed by atoms with Crippen LogP contribution in [0.25, 0.3) is 0 Å². The van der Waals surface area contributed by atoms with E-state index in [-0.39, 0.29) is 11.8 Å². The number of hydrogen-bond acceptors (Lipinski definition) is 4. The van der Waals surface area contributed by atoms with E-state index in [1.165, 1.54) is 0 Å². The maximum absolute atomic E-state index is 13.2. The second-order valence-corrected chi connectivity index (χ2v) is 7.94. The standard InChI is InChI=1S/C24H31N3O4/c1-17(2)14-21(26-24(25)30)23(29)31-18(3)22(28)27(15-19-10-6-4-7-11-19)16-20-12-8-5-9-13-20/h4-13,17-18,21H,14-16H2,1-3H3,(H3,25,26,30)/t18-,21+/m0/s1. The van der Waals surface area contributed by atoms with Gasteiger partial charge in [0.15, 0.2) is 6.10 Å². The molecular weight excluding hydrogens is 394 g/mol. The van der Waals surface area contributed by atoms with Crippen LogP contribution in [0.1, 0.15) is 38.3 Å². The van der Waals surface area contributed by atoms with E-state index < -0.39 is 24.1 Å². The highest BCUT2D eigenvalue weighted by molar-refractivity contribution is 5.87. The van der Waals surface area contributed by atoms with Crippen LogP contribution in [0.3, 0.4) is 0 Å². The number of urea groups is 1. The number of carbonyl (C=O) groups excluding carboxylic acids is 3. The summed E-state index contributed by atoms with van der Waals surface area (Å²) in [6.07, 6.45) is -0.648. The maximum Gasteiger partial charge on any atom is 0.329 e. The number of nitrogens with zero attached hydrogens (tertiary/aromatic N) is 1. The molecule has 2 aromatic carbocycles. The predicted molar refractivity (Wildman–Crippen MR) is 119 cm³/mol. The molecule has 31 heavy (non-hydrogen) atoms. The largest absolute Gasteiger partial charge is 0.451 e. The van der Waals surface area contributed by atoms with Crippen LogP contribution in [0.5, 0.6) is 0 Å². The molecule has 3 N–H and O–H groups in total. The first kappa shape index (κ1) is 23.9. The van der Waals surface area contributed by atoms with E-state index in [1.54, 1.807) is 11.8 Å². The van der Waals surface area contributed by atoms with Gasteiger partial charge < -0.3 is 20.7 Å². The lowest BCUT2D eigenvalue weighted by Crippen LogP contribution is -2.47. The van der Waals surface area contributed by atoms with Gasteiger partial charge in [-0.05, 0) is 30.4 Å². The van der Waals surface area contributed by atoms with Crippen LogP contribution >= 0.6 is 0 Å². The molecule has 2 atom stereocenters. The Morgan fingerprint density at radius 3 is 1.81 bits per heavy atom. The molecule has 7 heteroatoms. The molecule has 0 aliphatic carbocycles. The smallest absolute Gasteiger partial charge is 0.329 e. The van der Waals surface area contributed by atoms with Crippen LogP contribution in [0, 0.1) is 5.92 Å². The monoisotopic (exact) mass is 425 g/mol. The number of nitrogens with two attached hydrogens (primary N) is 1. The molecule has 0 aliphatic heterocycles. The lowest BCUT2D eigenvalue weighted by molar-refractivity contribution is -0.161. The number of nitrogens with one attached hydrogen (secondary N) is 1. The molecule has 7 nitrogen and oxygen atoms in total. The van der Waals surface area contributed by atoms with Gasteiger partial charge in [0.2, 0.25) is 0 Å². The molecule has 166 valence electrons. The quantitative estimate of drug-likeness (QED) is 0.571. The second kappa shape index (κ2) is 11.7. The van der Waals surface area contributed by atoms with Gasteiger partial charge in [0.05, 0.1) is 0 Å². The summed E-state index contributed by atoms with van der Waals surface area (Å²) >= 11 is 0. The van der Waals surface area contributed by atoms with Crippen molar-refractivity contribution in [1.29, 1.82) is 0 Å². The summed E-state index contributed by atoms with van der Waals surface area (Å²) in [5, 5.41) is 2.40. The van der Waals surface area contributed by atoms with Crippen LogP contribution in [0.15, 0.2) is 60.7 Å². The van der Waals surface area contributed by atoms with Gasteiger partial charge in [0.25, 0.3) is 5.91 Å². The molecular formula is C24H31N3O4. The number of hydrogen-bond donors (Lipinski definition) is 2. The third-order valence-corrected chi connectivity index (χ3v) is 4.69. The lowest BCUT2D eigenvalue weighted by atomic mass is 10.0. The molecule has 2 aromatic rings. The molecule has 0 unspecified atom stereocenters. The Bertz CT molecular complexity index is 814. The summed E-state index contributed by atoms with van der Waals surface area (Å²) in [6.45, 7) is 6.13. The van der Waals surface area contributed by atoms with Crippen LogP contribution in [0.2, 0.25) is 0 Å². The summed E-state index contributed by atoms with van der Waals surface area (Å²) in [6, 6.07) is 17.5. The van der Waals surface area contributed by atoms with Crippen molar-refractivity contribution in [3.05, 3.63) is 71.8 Å². The highest BCUT2D eigenvalue weighted by Crippen LogP contribution is 2.14. The molecule has 3 amide bonds. The molecule has 0 bridgehead atoms. The predicted octanol–water partition coefficient (Wildman–Crippen LogP) is 3.23. The van der Waals surface area contributed by atoms with E-state index in [4.69, 9.17) is 10.5 Å². The number of benzene rings is 2. The molecule has 0 spiro atoms. The van der Waals surface area contributed by atoms with E-state index in [0.717, 1.165) is 11.1 Å². The molecule has 0 aromatic heterocycles. The summed E-state index contributed by atoms with van der Waals surface area (Å²) in [4.78, 5) is 38.7. The van der Waals surface area contributed by atoms with Crippen molar-refractivity contribution in [2.75, 3.05) is 0 Å². The molecule has 0 fully saturated rings. The van der Waals surface area contributed by atoms with Gasteiger partial charge in [0.1, 0.15) is 6.04 Å². The van der Waals surface area contributed by atoms with E-state index >= 15 is 0 Å². The number of esters is 1. The minimum absolute atomic E-state index is 0.128. The SMILES string of the molecule is CC(C)C[C@@H](NC(N)=O)C(=O)O[C@@H](C)C(=O)N(Cc1ccccc1)Cc1ccccc1. The number of amides is 3. The van der Waals surface area contributed by atoms with Crippen molar-refractivity contribution in [3.8, 4) is 0 Å². The van der Waals surface area contributed by atoms with Gasteiger partial charge in [-0.25, -0.2) is 9.59 Å². The van der Waals surface area contributed by atoms with E-state index in [9.17, 15) is 14.4 Å². The molecule has 0 saturated heterocycles. The minimum atomic E-state index is -1.01. The Morgan fingerprint density at radius 2 is 1.39 bits per heavy atom. The van der Waals surface area contributed by atoms with Crippen molar-refractivity contribution in [2.24, 2.45) is 11.7 Å². The molecule has 2 rings (SSSR count). The third-order valence-electron chi connectivity index (χ3n) is 4.69. The zero-order chi connectivity index (χ0) is 22.8. The Hall–Kier alpha value is -3.35. The van der Waals surface area contributed by atoms with Crippen molar-refractivity contribution in [3.63, 3.8) is 0 Å². The maximum atomic E-state index is 13.2. The van der Waals surface area contributed by atoms with Crippen molar-refractivity contribution < 1.29 is 19.1 Å². The highest BCUT2D eigenvalue weighted by Gasteiger charge is 2.29. The minimum Gasteiger partial charge on any atom is -0.451 e. The first-order valence-electron chi connectivity index (χ1n) is 10.4. The average Bonchev–Trinajstić information content (AvgIpc) is 2.73. The summed E-state index contributed by atoms with van der Waals surface area (Å²) < 4.78 is 5.43. The Kier molecular flexibility index (Phi) is 9.06. The van der Waals surface area contributed by atoms with Gasteiger partial charge >= 0.3 is 12.0 Å². The zero-order valence-corrected chi connectivity index (χ0v) is 18.3. The summed E-state index contributed by atoms with van der Waals surface area (Å²) in [5.74, 6) is -0.862. The fourth-order valence-corrected chi connectivity index (χ4v) is 3.24. The first-order valence-corrected chi connectivity index (χ1v) is 10.4. The number of rotatable bonds is 10. The Balaban J connectivity index is 2.13. The van der Waals surface area contributed by atoms with Crippen LogP contribution in [-0.2, 0) is 27.4 Å². The average molecular weight is 426 g/mol. The van der Waals surface area contributed by atoms with Crippen LogP contribution < -0.4 is 11.1 Å². The van der Waals surface area contributed by atoms with Crippen LogP contribution in [-0.4, -0.2) is 35.0 Å². The lowest BCUT2D eigenvalue weighted by Gasteiger charge is -2.27. The van der Waals surface area contributed by atoms with Crippen molar-refractivity contribution in [1.82, 2.24) is 10.2 Å². The van der Waals surface area contributed by atoms with Gasteiger partial charge in [-0.1, -0.05) is 74.5 Å². The fourth-order valence-electron chi connectivity index (χ4n) is 3.24. The van der Waals surface area contributed by atoms with Crippen LogP contribution in [0.4, 0.5) is 4.79 Å². The molecule has 0 heterocycles. The van der Waals surface area contributed by atoms with Gasteiger partial charge in [0, 0.05) is 13.1 Å². The van der Waals surface area contributed by atoms with E-state index in [2.05, 4.69) is 5.32 Å². The second-order valence-electron chi connectivity index (χ2n) is 7.94. The molecule has 0 aliphatic rings. The number of carbonyl (C=O) groups is 3. The summed E-state index contributed by atoms with van der Waals surface area (Å²) in [5.41, 5.74) is 7.13. The fraction of sp³-hybridized carbons (Fsp3) is 0.375. The van der Waals surface area contributed by atoms with Gasteiger partial charge in [-0.15, -0.1) is 0 Å². The Labute approximate surface area is 183 Å². The normalized spacial score (nSPS) is 12.6. The number of primary amides is 1. The molecule has 0 saturated carbocycles. The van der Waals surface area contributed by atoms with E-state index in [1.807, 2.05) is 74.5 Å². The highest BCUT2D eigenvalue weighted by atomic mass is 16.5. The Morgan fingerprint density at radius 1 is 0.903 bits per heavy atom. The van der Waals surface area contributed by atoms with Gasteiger partial charge in [-0.2, -0.15) is 0 Å². The number of ether oxygens (including phenoxy) is 1. The summed E-state index contributed by atoms with van der Waals surface area (Å²) in [7, 11) is 0. The molecule has 0 radical (unpaired) electrons. The topological polar surface area (TPSA) is 102 Å². The first-order chi connectivity index (χ1) is 14.8. The van der Waals surface area contributed by atoms with E-state index in [0.29, 0.717) is 19.5 Å².